The van der Waals surface area contributed by atoms with Gasteiger partial charge in [-0.2, -0.15) is 0 Å². The van der Waals surface area contributed by atoms with Crippen LogP contribution in [0.1, 0.15) is 39.5 Å². The first-order valence-electron chi connectivity index (χ1n) is 7.26. The summed E-state index contributed by atoms with van der Waals surface area (Å²) in [6.07, 6.45) is 3.60. The van der Waals surface area contributed by atoms with Gasteiger partial charge in [0.2, 0.25) is 0 Å². The fourth-order valence-corrected chi connectivity index (χ4v) is 2.54. The smallest absolute Gasteiger partial charge is 0.317 e. The van der Waals surface area contributed by atoms with Gasteiger partial charge in [0, 0.05) is 26.8 Å². The van der Waals surface area contributed by atoms with Crippen LogP contribution in [0, 0.1) is 5.41 Å². The minimum absolute atomic E-state index is 0.00783. The van der Waals surface area contributed by atoms with Crippen molar-refractivity contribution in [3.63, 3.8) is 0 Å². The second kappa shape index (κ2) is 7.70. The molecule has 0 aromatic carbocycles. The minimum Gasteiger partial charge on any atom is -0.396 e. The van der Waals surface area contributed by atoms with Crippen LogP contribution in [0.3, 0.4) is 0 Å². The Morgan fingerprint density at radius 3 is 2.47 bits per heavy atom. The molecule has 1 rings (SSSR count). The average molecular weight is 272 g/mol. The third-order valence-electron chi connectivity index (χ3n) is 4.38. The number of ether oxygens (including phenoxy) is 1. The summed E-state index contributed by atoms with van der Waals surface area (Å²) < 4.78 is 5.08. The highest BCUT2D eigenvalue weighted by atomic mass is 16.5. The molecule has 1 unspecified atom stereocenters. The summed E-state index contributed by atoms with van der Waals surface area (Å²) in [5.74, 6) is 0. The number of carbonyl (C=O) groups is 1. The Morgan fingerprint density at radius 2 is 2.05 bits per heavy atom. The number of aliphatic hydroxyl groups excluding tert-OH is 1. The largest absolute Gasteiger partial charge is 0.396 e. The lowest BCUT2D eigenvalue weighted by molar-refractivity contribution is 0.0506. The molecule has 5 nitrogen and oxygen atoms in total. The van der Waals surface area contributed by atoms with E-state index < -0.39 is 0 Å². The second-order valence-corrected chi connectivity index (χ2v) is 5.51. The number of hydrogen-bond acceptors (Lipinski definition) is 3. The fraction of sp³-hybridized carbons (Fsp3) is 0.929. The molecule has 19 heavy (non-hydrogen) atoms. The number of nitrogens with zero attached hydrogens (tertiary/aromatic N) is 1. The fourth-order valence-electron chi connectivity index (χ4n) is 2.54. The van der Waals surface area contributed by atoms with Crippen LogP contribution < -0.4 is 5.32 Å². The van der Waals surface area contributed by atoms with E-state index in [2.05, 4.69) is 12.2 Å². The van der Waals surface area contributed by atoms with Gasteiger partial charge in [-0.05, 0) is 31.1 Å². The molecular formula is C14H28N2O3. The highest BCUT2D eigenvalue weighted by molar-refractivity contribution is 5.74. The highest BCUT2D eigenvalue weighted by Gasteiger charge is 2.34. The van der Waals surface area contributed by atoms with E-state index in [1.54, 1.807) is 7.11 Å². The monoisotopic (exact) mass is 272 g/mol. The zero-order valence-electron chi connectivity index (χ0n) is 12.4. The summed E-state index contributed by atoms with van der Waals surface area (Å²) >= 11 is 0. The summed E-state index contributed by atoms with van der Waals surface area (Å²) in [6.45, 7) is 6.37. The van der Waals surface area contributed by atoms with Crippen LogP contribution in [0.5, 0.6) is 0 Å². The Hall–Kier alpha value is -0.810. The van der Waals surface area contributed by atoms with E-state index in [0.29, 0.717) is 6.61 Å². The number of aliphatic hydroxyl groups is 1. The van der Waals surface area contributed by atoms with Gasteiger partial charge < -0.3 is 20.1 Å². The van der Waals surface area contributed by atoms with Gasteiger partial charge >= 0.3 is 6.03 Å². The number of methoxy groups -OCH3 is 1. The van der Waals surface area contributed by atoms with Crippen LogP contribution in [0.2, 0.25) is 0 Å². The molecule has 112 valence electrons. The molecule has 1 heterocycles. The third-order valence-corrected chi connectivity index (χ3v) is 4.38. The Labute approximate surface area is 116 Å². The predicted octanol–water partition coefficient (Wildman–Crippen LogP) is 1.61. The summed E-state index contributed by atoms with van der Waals surface area (Å²) in [5.41, 5.74) is 0.0213. The molecule has 1 saturated heterocycles. The van der Waals surface area contributed by atoms with Crippen molar-refractivity contribution >= 4 is 6.03 Å². The molecule has 0 aromatic heterocycles. The zero-order valence-corrected chi connectivity index (χ0v) is 12.4. The molecule has 0 spiro atoms. The maximum absolute atomic E-state index is 12.1. The van der Waals surface area contributed by atoms with Crippen molar-refractivity contribution in [2.75, 3.05) is 33.4 Å². The van der Waals surface area contributed by atoms with E-state index in [1.807, 2.05) is 11.8 Å². The zero-order chi connectivity index (χ0) is 14.3. The van der Waals surface area contributed by atoms with E-state index in [1.165, 1.54) is 0 Å². The Kier molecular flexibility index (Phi) is 6.58. The van der Waals surface area contributed by atoms with E-state index in [4.69, 9.17) is 4.74 Å². The first kappa shape index (κ1) is 16.2. The van der Waals surface area contributed by atoms with Crippen molar-refractivity contribution in [1.29, 1.82) is 0 Å². The van der Waals surface area contributed by atoms with Crippen molar-refractivity contribution < 1.29 is 14.6 Å². The van der Waals surface area contributed by atoms with Gasteiger partial charge in [-0.3, -0.25) is 0 Å². The first-order chi connectivity index (χ1) is 9.10. The summed E-state index contributed by atoms with van der Waals surface area (Å²) in [6, 6.07) is 0.0692. The van der Waals surface area contributed by atoms with Crippen LogP contribution in [0.4, 0.5) is 4.79 Å². The lowest BCUT2D eigenvalue weighted by atomic mass is 9.77. The maximum atomic E-state index is 12.1. The second-order valence-electron chi connectivity index (χ2n) is 5.51. The summed E-state index contributed by atoms with van der Waals surface area (Å²) in [4.78, 5) is 14.0. The van der Waals surface area contributed by atoms with Crippen molar-refractivity contribution in [2.24, 2.45) is 5.41 Å². The molecule has 1 aliphatic heterocycles. The van der Waals surface area contributed by atoms with Crippen LogP contribution in [-0.2, 0) is 4.74 Å². The van der Waals surface area contributed by atoms with Gasteiger partial charge in [0.05, 0.1) is 12.6 Å². The molecular weight excluding hydrogens is 244 g/mol. The quantitative estimate of drug-likeness (QED) is 0.772. The number of urea groups is 1. The number of hydrogen-bond donors (Lipinski definition) is 2. The van der Waals surface area contributed by atoms with Crippen LogP contribution in [-0.4, -0.2) is 55.5 Å². The molecule has 1 aliphatic rings. The standard InChI is InChI=1S/C14H28N2O3/c1-4-12(10-19-3)15-13(18)16-8-6-14(5-2,11-17)7-9-16/h12,17H,4-11H2,1-3H3,(H,15,18). The molecule has 0 radical (unpaired) electrons. The van der Waals surface area contributed by atoms with Crippen LogP contribution in [0.15, 0.2) is 0 Å². The molecule has 1 fully saturated rings. The minimum atomic E-state index is -0.00783. The predicted molar refractivity (Wildman–Crippen MR) is 75.1 cm³/mol. The van der Waals surface area contributed by atoms with E-state index in [9.17, 15) is 9.90 Å². The van der Waals surface area contributed by atoms with E-state index in [0.717, 1.165) is 38.8 Å². The molecule has 0 aromatic rings. The molecule has 2 N–H and O–H groups in total. The van der Waals surface area contributed by atoms with Gasteiger partial charge in [-0.15, -0.1) is 0 Å². The van der Waals surface area contributed by atoms with Crippen molar-refractivity contribution in [1.82, 2.24) is 10.2 Å². The van der Waals surface area contributed by atoms with Gasteiger partial charge in [-0.25, -0.2) is 4.79 Å². The van der Waals surface area contributed by atoms with Crippen LogP contribution in [0.25, 0.3) is 0 Å². The Bertz CT molecular complexity index is 270. The molecule has 0 saturated carbocycles. The molecule has 0 bridgehead atoms. The SMILES string of the molecule is CCC(COC)NC(=O)N1CCC(CC)(CO)CC1. The average Bonchev–Trinajstić information content (AvgIpc) is 2.46. The number of amides is 2. The number of piperidine rings is 1. The van der Waals surface area contributed by atoms with Gasteiger partial charge in [-0.1, -0.05) is 13.8 Å². The number of carbonyl (C=O) groups excluding carboxylic acids is 1. The number of rotatable bonds is 6. The van der Waals surface area contributed by atoms with Crippen molar-refractivity contribution in [3.05, 3.63) is 0 Å². The van der Waals surface area contributed by atoms with Crippen molar-refractivity contribution in [2.45, 2.75) is 45.6 Å². The normalized spacial score (nSPS) is 20.1. The molecule has 2 amide bonds. The van der Waals surface area contributed by atoms with Gasteiger partial charge in [0.15, 0.2) is 0 Å². The maximum Gasteiger partial charge on any atom is 0.317 e. The summed E-state index contributed by atoms with van der Waals surface area (Å²) in [7, 11) is 1.65. The molecule has 5 heteroatoms. The van der Waals surface area contributed by atoms with Gasteiger partial charge in [0.1, 0.15) is 0 Å². The highest BCUT2D eigenvalue weighted by Crippen LogP contribution is 2.34. The van der Waals surface area contributed by atoms with E-state index in [-0.39, 0.29) is 24.1 Å². The first-order valence-corrected chi connectivity index (χ1v) is 7.26. The topological polar surface area (TPSA) is 61.8 Å². The van der Waals surface area contributed by atoms with Gasteiger partial charge in [0.25, 0.3) is 0 Å². The third kappa shape index (κ3) is 4.35. The number of nitrogens with one attached hydrogen (secondary N) is 1. The van der Waals surface area contributed by atoms with Crippen LogP contribution >= 0.6 is 0 Å². The Balaban J connectivity index is 2.44. The Morgan fingerprint density at radius 1 is 1.42 bits per heavy atom. The lowest BCUT2D eigenvalue weighted by Crippen LogP contribution is -2.51. The summed E-state index contributed by atoms with van der Waals surface area (Å²) in [5, 5.41) is 12.5. The number of likely N-dealkylation sites (tertiary alicyclic amines) is 1. The molecule has 0 aliphatic carbocycles. The van der Waals surface area contributed by atoms with E-state index >= 15 is 0 Å². The van der Waals surface area contributed by atoms with Crippen molar-refractivity contribution in [3.8, 4) is 0 Å². The lowest BCUT2D eigenvalue weighted by Gasteiger charge is -2.40. The molecule has 1 atom stereocenters.